The van der Waals surface area contributed by atoms with Crippen LogP contribution in [-0.2, 0) is 6.42 Å². The minimum Gasteiger partial charge on any atom is -0.359 e. The Morgan fingerprint density at radius 3 is 3.08 bits per heavy atom. The van der Waals surface area contributed by atoms with E-state index >= 15 is 0 Å². The lowest BCUT2D eigenvalue weighted by Gasteiger charge is -2.21. The van der Waals surface area contributed by atoms with Crippen LogP contribution in [0.5, 0.6) is 0 Å². The van der Waals surface area contributed by atoms with E-state index < -0.39 is 0 Å². The fraction of sp³-hybridized carbons (Fsp3) is 0.389. The molecule has 1 aliphatic heterocycles. The Kier molecular flexibility index (Phi) is 3.90. The molecule has 1 unspecified atom stereocenters. The van der Waals surface area contributed by atoms with Crippen LogP contribution in [0.25, 0.3) is 10.9 Å². The van der Waals surface area contributed by atoms with E-state index in [9.17, 15) is 4.79 Å². The van der Waals surface area contributed by atoms with E-state index in [0.717, 1.165) is 48.7 Å². The van der Waals surface area contributed by atoms with Crippen molar-refractivity contribution in [3.05, 3.63) is 58.0 Å². The monoisotopic (exact) mass is 324 g/mol. The van der Waals surface area contributed by atoms with Gasteiger partial charge in [-0.3, -0.25) is 9.69 Å². The van der Waals surface area contributed by atoms with E-state index in [1.165, 1.54) is 0 Å². The normalized spacial score (nSPS) is 18.5. The second-order valence-corrected chi connectivity index (χ2v) is 6.34. The lowest BCUT2D eigenvalue weighted by atomic mass is 10.1. The van der Waals surface area contributed by atoms with Crippen LogP contribution in [0.4, 0.5) is 0 Å². The molecule has 1 N–H and O–H groups in total. The van der Waals surface area contributed by atoms with Gasteiger partial charge in [-0.05, 0) is 38.4 Å². The number of aromatic amines is 1. The van der Waals surface area contributed by atoms with E-state index in [-0.39, 0.29) is 11.6 Å². The topological polar surface area (TPSA) is 75.0 Å². The maximum Gasteiger partial charge on any atom is 0.258 e. The number of fused-ring (bicyclic) bond motifs is 1. The van der Waals surface area contributed by atoms with Gasteiger partial charge in [0.15, 0.2) is 5.76 Å². The van der Waals surface area contributed by atoms with Crippen molar-refractivity contribution < 1.29 is 4.52 Å². The highest BCUT2D eigenvalue weighted by Crippen LogP contribution is 2.32. The van der Waals surface area contributed by atoms with Crippen molar-refractivity contribution in [3.63, 3.8) is 0 Å². The molecule has 0 spiro atoms. The second-order valence-electron chi connectivity index (χ2n) is 6.34. The zero-order valence-electron chi connectivity index (χ0n) is 13.7. The summed E-state index contributed by atoms with van der Waals surface area (Å²) in [5.41, 5.74) is 1.59. The summed E-state index contributed by atoms with van der Waals surface area (Å²) >= 11 is 0. The number of aryl methyl sites for hydroxylation is 1. The largest absolute Gasteiger partial charge is 0.359 e. The summed E-state index contributed by atoms with van der Waals surface area (Å²) in [5, 5.41) is 4.63. The third-order valence-corrected chi connectivity index (χ3v) is 4.64. The molecule has 3 heterocycles. The average molecular weight is 324 g/mol. The Labute approximate surface area is 139 Å². The van der Waals surface area contributed by atoms with Gasteiger partial charge < -0.3 is 9.51 Å². The molecule has 0 saturated carbocycles. The number of H-pyrrole nitrogens is 1. The molecule has 24 heavy (non-hydrogen) atoms. The number of rotatable bonds is 4. The van der Waals surface area contributed by atoms with Crippen molar-refractivity contribution in [1.29, 1.82) is 0 Å². The molecule has 4 rings (SSSR count). The predicted molar refractivity (Wildman–Crippen MR) is 90.9 cm³/mol. The first-order valence-electron chi connectivity index (χ1n) is 8.36. The third-order valence-electron chi connectivity index (χ3n) is 4.64. The van der Waals surface area contributed by atoms with Gasteiger partial charge in [0.2, 0.25) is 0 Å². The van der Waals surface area contributed by atoms with Gasteiger partial charge in [-0.15, -0.1) is 0 Å². The Bertz CT molecular complexity index is 915. The van der Waals surface area contributed by atoms with Crippen molar-refractivity contribution in [2.24, 2.45) is 0 Å². The van der Waals surface area contributed by atoms with Gasteiger partial charge in [-0.25, -0.2) is 4.98 Å². The number of aromatic nitrogens is 3. The first-order chi connectivity index (χ1) is 11.7. The highest BCUT2D eigenvalue weighted by atomic mass is 16.5. The van der Waals surface area contributed by atoms with Gasteiger partial charge in [0, 0.05) is 19.0 Å². The highest BCUT2D eigenvalue weighted by molar-refractivity contribution is 5.77. The third kappa shape index (κ3) is 2.85. The van der Waals surface area contributed by atoms with Crippen molar-refractivity contribution >= 4 is 10.9 Å². The molecule has 1 atom stereocenters. The second kappa shape index (κ2) is 6.20. The zero-order valence-corrected chi connectivity index (χ0v) is 13.7. The van der Waals surface area contributed by atoms with E-state index in [0.29, 0.717) is 11.8 Å². The fourth-order valence-corrected chi connectivity index (χ4v) is 3.46. The van der Waals surface area contributed by atoms with Gasteiger partial charge in [-0.2, -0.15) is 0 Å². The predicted octanol–water partition coefficient (Wildman–Crippen LogP) is 2.60. The molecule has 124 valence electrons. The number of hydrogen-bond acceptors (Lipinski definition) is 5. The van der Waals surface area contributed by atoms with Crippen LogP contribution in [0.1, 0.15) is 36.2 Å². The number of nitrogens with one attached hydrogen (secondary N) is 1. The van der Waals surface area contributed by atoms with Gasteiger partial charge in [-0.1, -0.05) is 17.3 Å². The summed E-state index contributed by atoms with van der Waals surface area (Å²) in [6.07, 6.45) is 2.94. The summed E-state index contributed by atoms with van der Waals surface area (Å²) < 4.78 is 5.44. The van der Waals surface area contributed by atoms with E-state index in [1.807, 2.05) is 31.2 Å². The molecular weight excluding hydrogens is 304 g/mol. The molecule has 0 amide bonds. The van der Waals surface area contributed by atoms with Crippen molar-refractivity contribution in [1.82, 2.24) is 20.0 Å². The highest BCUT2D eigenvalue weighted by Gasteiger charge is 2.28. The Morgan fingerprint density at radius 2 is 2.25 bits per heavy atom. The van der Waals surface area contributed by atoms with Crippen molar-refractivity contribution in [3.8, 4) is 0 Å². The lowest BCUT2D eigenvalue weighted by Crippen LogP contribution is -2.26. The molecule has 0 bridgehead atoms. The van der Waals surface area contributed by atoms with Gasteiger partial charge >= 0.3 is 0 Å². The summed E-state index contributed by atoms with van der Waals surface area (Å²) in [4.78, 5) is 22.0. The van der Waals surface area contributed by atoms with Crippen LogP contribution in [0, 0.1) is 6.92 Å². The van der Waals surface area contributed by atoms with Gasteiger partial charge in [0.1, 0.15) is 5.82 Å². The van der Waals surface area contributed by atoms with Crippen molar-refractivity contribution in [2.75, 3.05) is 13.1 Å². The van der Waals surface area contributed by atoms with Gasteiger partial charge in [0.25, 0.3) is 5.56 Å². The number of para-hydroxylation sites is 1. The molecule has 0 aliphatic carbocycles. The molecule has 1 saturated heterocycles. The SMILES string of the molecule is Cc1cc(C2CCCN2CCc2nc3ccccc3c(=O)[nH]2)on1. The Morgan fingerprint density at radius 1 is 1.38 bits per heavy atom. The average Bonchev–Trinajstić information content (AvgIpc) is 3.21. The minimum atomic E-state index is -0.0700. The van der Waals surface area contributed by atoms with E-state index in [4.69, 9.17) is 4.52 Å². The molecule has 1 aromatic carbocycles. The van der Waals surface area contributed by atoms with Crippen LogP contribution < -0.4 is 5.56 Å². The number of nitrogens with zero attached hydrogens (tertiary/aromatic N) is 3. The van der Waals surface area contributed by atoms with Crippen LogP contribution in [-0.4, -0.2) is 33.1 Å². The Hall–Kier alpha value is -2.47. The first kappa shape index (κ1) is 15.1. The summed E-state index contributed by atoms with van der Waals surface area (Å²) in [6.45, 7) is 3.81. The van der Waals surface area contributed by atoms with E-state index in [1.54, 1.807) is 6.07 Å². The first-order valence-corrected chi connectivity index (χ1v) is 8.36. The molecule has 1 fully saturated rings. The van der Waals surface area contributed by atoms with E-state index in [2.05, 4.69) is 20.0 Å². The zero-order chi connectivity index (χ0) is 16.5. The van der Waals surface area contributed by atoms with Crippen LogP contribution >= 0.6 is 0 Å². The quantitative estimate of drug-likeness (QED) is 0.798. The molecule has 6 heteroatoms. The number of hydrogen-bond donors (Lipinski definition) is 1. The maximum absolute atomic E-state index is 12.2. The molecule has 3 aromatic rings. The lowest BCUT2D eigenvalue weighted by molar-refractivity contribution is 0.215. The minimum absolute atomic E-state index is 0.0700. The van der Waals surface area contributed by atoms with Crippen molar-refractivity contribution in [2.45, 2.75) is 32.2 Å². The van der Waals surface area contributed by atoms with Gasteiger partial charge in [0.05, 0.1) is 22.6 Å². The maximum atomic E-state index is 12.2. The molecule has 1 aliphatic rings. The molecule has 0 radical (unpaired) electrons. The molecule has 6 nitrogen and oxygen atoms in total. The molecule has 2 aromatic heterocycles. The smallest absolute Gasteiger partial charge is 0.258 e. The summed E-state index contributed by atoms with van der Waals surface area (Å²) in [6, 6.07) is 9.73. The number of likely N-dealkylation sites (tertiary alicyclic amines) is 1. The summed E-state index contributed by atoms with van der Waals surface area (Å²) in [5.74, 6) is 1.67. The van der Waals surface area contributed by atoms with Crippen LogP contribution in [0.3, 0.4) is 0 Å². The standard InChI is InChI=1S/C18H20N4O2/c1-12-11-16(24-21-12)15-7-4-9-22(15)10-8-17-19-14-6-3-2-5-13(14)18(23)20-17/h2-3,5-6,11,15H,4,7-10H2,1H3,(H,19,20,23). The fourth-order valence-electron chi connectivity index (χ4n) is 3.46. The van der Waals surface area contributed by atoms with Crippen LogP contribution in [0.15, 0.2) is 39.6 Å². The summed E-state index contributed by atoms with van der Waals surface area (Å²) in [7, 11) is 0. The molecular formula is C18H20N4O2. The van der Waals surface area contributed by atoms with Crippen LogP contribution in [0.2, 0.25) is 0 Å². The number of benzene rings is 1. The Balaban J connectivity index is 1.51.